The summed E-state index contributed by atoms with van der Waals surface area (Å²) in [5.41, 5.74) is 2.56. The van der Waals surface area contributed by atoms with E-state index in [0.717, 1.165) is 0 Å². The number of pyridine rings is 1. The van der Waals surface area contributed by atoms with Crippen LogP contribution in [-0.4, -0.2) is 20.9 Å². The molecule has 0 atom stereocenters. The molecule has 23 heavy (non-hydrogen) atoms. The maximum absolute atomic E-state index is 12.2. The van der Waals surface area contributed by atoms with Gasteiger partial charge in [-0.15, -0.1) is 0 Å². The summed E-state index contributed by atoms with van der Waals surface area (Å²) in [4.78, 5) is 26.6. The molecule has 1 aliphatic rings. The zero-order valence-electron chi connectivity index (χ0n) is 12.5. The largest absolute Gasteiger partial charge is 0.506 e. The van der Waals surface area contributed by atoms with E-state index in [1.165, 1.54) is 12.1 Å². The third-order valence-electron chi connectivity index (χ3n) is 3.75. The number of benzene rings is 1. The predicted octanol–water partition coefficient (Wildman–Crippen LogP) is 2.80. The fourth-order valence-electron chi connectivity index (χ4n) is 2.55. The molecule has 0 unspecified atom stereocenters. The van der Waals surface area contributed by atoms with Crippen LogP contribution >= 0.6 is 0 Å². The number of anilines is 1. The van der Waals surface area contributed by atoms with Crippen molar-refractivity contribution >= 4 is 29.1 Å². The first-order valence-corrected chi connectivity index (χ1v) is 6.86. The average molecular weight is 311 g/mol. The van der Waals surface area contributed by atoms with Gasteiger partial charge < -0.3 is 10.4 Å². The number of hydrogen-bond acceptors (Lipinski definition) is 5. The Kier molecular flexibility index (Phi) is 3.33. The minimum atomic E-state index is -0.483. The van der Waals surface area contributed by atoms with Crippen LogP contribution in [0.4, 0.5) is 11.5 Å². The third-order valence-corrected chi connectivity index (χ3v) is 3.75. The fourth-order valence-corrected chi connectivity index (χ4v) is 2.55. The fraction of sp³-hybridized carbons (Fsp3) is 0.125. The van der Waals surface area contributed by atoms with Crippen LogP contribution in [0.5, 0.6) is 5.75 Å². The second-order valence-corrected chi connectivity index (χ2v) is 5.26. The van der Waals surface area contributed by atoms with Gasteiger partial charge in [-0.25, -0.2) is 4.98 Å². The SMILES string of the molecule is Cc1nc2c(c(C)c1O)C(=Cc1ccc([N+](=O)[O-])cc1)C(=O)N2. The molecule has 0 aliphatic carbocycles. The average Bonchev–Trinajstić information content (AvgIpc) is 2.81. The molecule has 1 amide bonds. The summed E-state index contributed by atoms with van der Waals surface area (Å²) in [5, 5.41) is 23.4. The Morgan fingerprint density at radius 3 is 2.52 bits per heavy atom. The Bertz CT molecular complexity index is 870. The Balaban J connectivity index is 2.10. The van der Waals surface area contributed by atoms with E-state index >= 15 is 0 Å². The predicted molar refractivity (Wildman–Crippen MR) is 85.0 cm³/mol. The zero-order valence-corrected chi connectivity index (χ0v) is 12.5. The highest BCUT2D eigenvalue weighted by molar-refractivity contribution is 6.35. The number of non-ortho nitro benzene ring substituents is 1. The maximum Gasteiger partial charge on any atom is 0.269 e. The molecule has 1 aromatic carbocycles. The number of aromatic hydroxyl groups is 1. The number of amides is 1. The van der Waals surface area contributed by atoms with Crippen molar-refractivity contribution in [1.82, 2.24) is 4.98 Å². The molecule has 2 N–H and O–H groups in total. The summed E-state index contributed by atoms with van der Waals surface area (Å²) in [6.07, 6.45) is 1.62. The van der Waals surface area contributed by atoms with Gasteiger partial charge in [0.25, 0.3) is 11.6 Å². The van der Waals surface area contributed by atoms with Crippen molar-refractivity contribution in [2.45, 2.75) is 13.8 Å². The first-order chi connectivity index (χ1) is 10.9. The van der Waals surface area contributed by atoms with E-state index in [-0.39, 0.29) is 17.3 Å². The van der Waals surface area contributed by atoms with E-state index in [1.54, 1.807) is 32.1 Å². The normalized spacial score (nSPS) is 14.7. The van der Waals surface area contributed by atoms with E-state index in [0.29, 0.717) is 33.8 Å². The Hall–Kier alpha value is -3.22. The molecule has 0 bridgehead atoms. The number of fused-ring (bicyclic) bond motifs is 1. The first kappa shape index (κ1) is 14.7. The van der Waals surface area contributed by atoms with Crippen LogP contribution in [0, 0.1) is 24.0 Å². The number of carbonyl (C=O) groups excluding carboxylic acids is 1. The highest BCUT2D eigenvalue weighted by atomic mass is 16.6. The highest BCUT2D eigenvalue weighted by Crippen LogP contribution is 2.38. The molecule has 2 aromatic rings. The molecule has 3 rings (SSSR count). The minimum absolute atomic E-state index is 0.0189. The molecule has 2 heterocycles. The zero-order chi connectivity index (χ0) is 16.7. The number of nitrogens with one attached hydrogen (secondary N) is 1. The lowest BCUT2D eigenvalue weighted by molar-refractivity contribution is -0.384. The monoisotopic (exact) mass is 311 g/mol. The van der Waals surface area contributed by atoms with Gasteiger partial charge in [0, 0.05) is 23.3 Å². The van der Waals surface area contributed by atoms with Crippen molar-refractivity contribution in [3.05, 3.63) is 56.8 Å². The van der Waals surface area contributed by atoms with Gasteiger partial charge >= 0.3 is 0 Å². The first-order valence-electron chi connectivity index (χ1n) is 6.86. The summed E-state index contributed by atoms with van der Waals surface area (Å²) < 4.78 is 0. The van der Waals surface area contributed by atoms with Gasteiger partial charge in [-0.05, 0) is 37.6 Å². The molecule has 116 valence electrons. The molecule has 0 spiro atoms. The van der Waals surface area contributed by atoms with Gasteiger partial charge in [0.1, 0.15) is 11.6 Å². The standard InChI is InChI=1S/C16H13N3O4/c1-8-13-12(7-10-3-5-11(6-4-10)19(22)23)16(21)18-15(13)17-9(2)14(8)20/h3-7,20H,1-2H3,(H,17,18,21). The lowest BCUT2D eigenvalue weighted by atomic mass is 10.00. The minimum Gasteiger partial charge on any atom is -0.506 e. The van der Waals surface area contributed by atoms with Gasteiger partial charge in [-0.1, -0.05) is 0 Å². The van der Waals surface area contributed by atoms with Gasteiger partial charge in [-0.2, -0.15) is 0 Å². The van der Waals surface area contributed by atoms with Crippen molar-refractivity contribution < 1.29 is 14.8 Å². The number of nitro benzene ring substituents is 1. The van der Waals surface area contributed by atoms with Crippen molar-refractivity contribution in [2.75, 3.05) is 5.32 Å². The summed E-state index contributed by atoms with van der Waals surface area (Å²) in [5.74, 6) is 0.143. The van der Waals surface area contributed by atoms with Crippen LogP contribution in [0.25, 0.3) is 11.6 Å². The van der Waals surface area contributed by atoms with Crippen LogP contribution in [0.2, 0.25) is 0 Å². The summed E-state index contributed by atoms with van der Waals surface area (Å²) in [6.45, 7) is 3.37. The van der Waals surface area contributed by atoms with Gasteiger partial charge in [0.15, 0.2) is 0 Å². The number of rotatable bonds is 2. The quantitative estimate of drug-likeness (QED) is 0.504. The molecule has 7 nitrogen and oxygen atoms in total. The number of carbonyl (C=O) groups is 1. The van der Waals surface area contributed by atoms with Gasteiger partial charge in [-0.3, -0.25) is 14.9 Å². The molecule has 0 radical (unpaired) electrons. The van der Waals surface area contributed by atoms with Crippen molar-refractivity contribution in [2.24, 2.45) is 0 Å². The van der Waals surface area contributed by atoms with Crippen LogP contribution < -0.4 is 5.32 Å². The number of hydrogen-bond donors (Lipinski definition) is 2. The van der Waals surface area contributed by atoms with Crippen LogP contribution in [0.3, 0.4) is 0 Å². The smallest absolute Gasteiger partial charge is 0.269 e. The third kappa shape index (κ3) is 2.42. The van der Waals surface area contributed by atoms with Crippen molar-refractivity contribution in [3.8, 4) is 5.75 Å². The molecule has 0 saturated carbocycles. The lowest BCUT2D eigenvalue weighted by Crippen LogP contribution is -2.04. The lowest BCUT2D eigenvalue weighted by Gasteiger charge is -2.08. The molecule has 0 fully saturated rings. The van der Waals surface area contributed by atoms with E-state index in [1.807, 2.05) is 0 Å². The summed E-state index contributed by atoms with van der Waals surface area (Å²) in [6, 6.07) is 5.87. The maximum atomic E-state index is 12.2. The second kappa shape index (κ2) is 5.20. The van der Waals surface area contributed by atoms with Crippen molar-refractivity contribution in [3.63, 3.8) is 0 Å². The molecule has 0 saturated heterocycles. The second-order valence-electron chi connectivity index (χ2n) is 5.26. The van der Waals surface area contributed by atoms with E-state index < -0.39 is 4.92 Å². The summed E-state index contributed by atoms with van der Waals surface area (Å²) in [7, 11) is 0. The number of nitro groups is 1. The Labute approximate surface area is 131 Å². The molecular weight excluding hydrogens is 298 g/mol. The molecule has 7 heteroatoms. The van der Waals surface area contributed by atoms with Gasteiger partial charge in [0.05, 0.1) is 16.2 Å². The topological polar surface area (TPSA) is 105 Å². The number of aryl methyl sites for hydroxylation is 1. The van der Waals surface area contributed by atoms with E-state index in [4.69, 9.17) is 0 Å². The summed E-state index contributed by atoms with van der Waals surface area (Å²) >= 11 is 0. The molecule has 1 aliphatic heterocycles. The van der Waals surface area contributed by atoms with Gasteiger partial charge in [0.2, 0.25) is 0 Å². The Morgan fingerprint density at radius 1 is 1.26 bits per heavy atom. The Morgan fingerprint density at radius 2 is 1.91 bits per heavy atom. The molecular formula is C16H13N3O4. The molecule has 1 aromatic heterocycles. The number of aromatic nitrogens is 1. The van der Waals surface area contributed by atoms with Crippen LogP contribution in [0.15, 0.2) is 24.3 Å². The van der Waals surface area contributed by atoms with Crippen LogP contribution in [0.1, 0.15) is 22.4 Å². The van der Waals surface area contributed by atoms with E-state index in [9.17, 15) is 20.0 Å². The van der Waals surface area contributed by atoms with Crippen LogP contribution in [-0.2, 0) is 4.79 Å². The van der Waals surface area contributed by atoms with Crippen molar-refractivity contribution in [1.29, 1.82) is 0 Å². The highest BCUT2D eigenvalue weighted by Gasteiger charge is 2.29. The van der Waals surface area contributed by atoms with E-state index in [2.05, 4.69) is 10.3 Å². The number of nitrogens with zero attached hydrogens (tertiary/aromatic N) is 2.